The van der Waals surface area contributed by atoms with Crippen molar-refractivity contribution in [3.63, 3.8) is 0 Å². The third-order valence-corrected chi connectivity index (χ3v) is 5.32. The molecule has 1 aromatic heterocycles. The fourth-order valence-corrected chi connectivity index (χ4v) is 3.90. The lowest BCUT2D eigenvalue weighted by molar-refractivity contribution is 0.841. The Balaban J connectivity index is 1.85. The van der Waals surface area contributed by atoms with Crippen LogP contribution in [0.1, 0.15) is 11.1 Å². The lowest BCUT2D eigenvalue weighted by atomic mass is 10.0. The topological polar surface area (TPSA) is 53.4 Å². The molecule has 140 valence electrons. The molecular weight excluding hydrogens is 376 g/mol. The minimum Gasteiger partial charge on any atom is -0.253 e. The van der Waals surface area contributed by atoms with E-state index in [-0.39, 0.29) is 0 Å². The zero-order valence-corrected chi connectivity index (χ0v) is 16.5. The van der Waals surface area contributed by atoms with Gasteiger partial charge in [0.1, 0.15) is 0 Å². The summed E-state index contributed by atoms with van der Waals surface area (Å²) in [6, 6.07) is 24.1. The Hall–Kier alpha value is -3.75. The van der Waals surface area contributed by atoms with Crippen molar-refractivity contribution in [2.75, 3.05) is 6.54 Å². The van der Waals surface area contributed by atoms with Crippen LogP contribution >= 0.6 is 11.3 Å². The van der Waals surface area contributed by atoms with Crippen LogP contribution in [0.2, 0.25) is 0 Å². The summed E-state index contributed by atoms with van der Waals surface area (Å²) in [5.41, 5.74) is 3.64. The number of hydrogen-bond donors (Lipinski definition) is 0. The van der Waals surface area contributed by atoms with Gasteiger partial charge in [0.2, 0.25) is 4.80 Å². The average molecular weight is 395 g/mol. The number of nitriles is 1. The van der Waals surface area contributed by atoms with E-state index in [4.69, 9.17) is 10.4 Å². The molecule has 0 saturated carbocycles. The van der Waals surface area contributed by atoms with E-state index in [1.54, 1.807) is 35.8 Å². The molecule has 1 heterocycles. The van der Waals surface area contributed by atoms with Crippen molar-refractivity contribution in [1.82, 2.24) is 4.68 Å². The van der Waals surface area contributed by atoms with Gasteiger partial charge in [-0.1, -0.05) is 60.7 Å². The maximum Gasteiger partial charge on any atom is 0.206 e. The highest BCUT2D eigenvalue weighted by atomic mass is 32.1. The number of benzene rings is 3. The second-order valence-electron chi connectivity index (χ2n) is 6.35. The molecule has 0 amide bonds. The highest BCUT2D eigenvalue weighted by molar-refractivity contribution is 7.07. The van der Waals surface area contributed by atoms with Crippen LogP contribution in [0.4, 0.5) is 0 Å². The number of nitrogens with zero attached hydrogens (tertiary/aromatic N) is 4. The summed E-state index contributed by atoms with van der Waals surface area (Å²) >= 11 is 1.55. The maximum atomic E-state index is 8.97. The second kappa shape index (κ2) is 8.51. The molecule has 0 N–H and O–H groups in total. The van der Waals surface area contributed by atoms with Crippen LogP contribution in [-0.4, -0.2) is 17.4 Å². The van der Waals surface area contributed by atoms with E-state index in [9.17, 15) is 0 Å². The molecule has 0 spiro atoms. The Labute approximate surface area is 173 Å². The van der Waals surface area contributed by atoms with Gasteiger partial charge in [0, 0.05) is 10.9 Å². The standard InChI is InChI=1S/C24H18N4S/c1-2-14-26-24-28(27-16-19-12-10-18(15-25)11-13-19)23(17-29-24)22-9-5-7-20-6-3-4-8-21(20)22/h2-13,16-17H,1,14H2. The average Bonchev–Trinajstić information content (AvgIpc) is 3.18. The fourth-order valence-electron chi connectivity index (χ4n) is 3.06. The lowest BCUT2D eigenvalue weighted by Crippen LogP contribution is -2.12. The van der Waals surface area contributed by atoms with Crippen LogP contribution in [-0.2, 0) is 0 Å². The van der Waals surface area contributed by atoms with Gasteiger partial charge in [-0.25, -0.2) is 4.68 Å². The van der Waals surface area contributed by atoms with Crippen LogP contribution < -0.4 is 4.80 Å². The SMILES string of the molecule is C=CCN=c1scc(-c2cccc3ccccc23)n1N=Cc1ccc(C#N)cc1. The van der Waals surface area contributed by atoms with Crippen LogP contribution in [0.25, 0.3) is 22.0 Å². The predicted octanol–water partition coefficient (Wildman–Crippen LogP) is 5.21. The molecule has 4 nitrogen and oxygen atoms in total. The van der Waals surface area contributed by atoms with Crippen molar-refractivity contribution in [3.05, 3.63) is 101 Å². The van der Waals surface area contributed by atoms with Gasteiger partial charge in [0.05, 0.1) is 30.1 Å². The predicted molar refractivity (Wildman–Crippen MR) is 120 cm³/mol. The zero-order chi connectivity index (χ0) is 20.1. The molecule has 0 aliphatic heterocycles. The van der Waals surface area contributed by atoms with E-state index in [2.05, 4.69) is 53.4 Å². The van der Waals surface area contributed by atoms with Gasteiger partial charge >= 0.3 is 0 Å². The van der Waals surface area contributed by atoms with E-state index in [1.165, 1.54) is 10.8 Å². The summed E-state index contributed by atoms with van der Waals surface area (Å²) in [4.78, 5) is 5.40. The van der Waals surface area contributed by atoms with E-state index < -0.39 is 0 Å². The molecule has 3 aromatic carbocycles. The molecule has 0 fully saturated rings. The van der Waals surface area contributed by atoms with Crippen LogP contribution in [0.15, 0.2) is 94.9 Å². The van der Waals surface area contributed by atoms with Gasteiger partial charge in [-0.3, -0.25) is 4.99 Å². The number of thiazole rings is 1. The summed E-state index contributed by atoms with van der Waals surface area (Å²) in [5, 5.41) is 18.1. The molecule has 0 radical (unpaired) electrons. The summed E-state index contributed by atoms with van der Waals surface area (Å²) < 4.78 is 1.87. The first-order valence-corrected chi connectivity index (χ1v) is 10.0. The maximum absolute atomic E-state index is 8.97. The summed E-state index contributed by atoms with van der Waals surface area (Å²) in [6.45, 7) is 4.29. The first-order valence-electron chi connectivity index (χ1n) is 9.15. The van der Waals surface area contributed by atoms with Gasteiger partial charge in [0.15, 0.2) is 0 Å². The fraction of sp³-hybridized carbons (Fsp3) is 0.0417. The minimum absolute atomic E-state index is 0.530. The van der Waals surface area contributed by atoms with Crippen molar-refractivity contribution in [3.8, 4) is 17.3 Å². The third-order valence-electron chi connectivity index (χ3n) is 4.47. The Morgan fingerprint density at radius 1 is 1.03 bits per heavy atom. The van der Waals surface area contributed by atoms with Crippen LogP contribution in [0.3, 0.4) is 0 Å². The lowest BCUT2D eigenvalue weighted by Gasteiger charge is -2.07. The van der Waals surface area contributed by atoms with Gasteiger partial charge in [0.25, 0.3) is 0 Å². The molecule has 0 bridgehead atoms. The highest BCUT2D eigenvalue weighted by Crippen LogP contribution is 2.29. The molecule has 29 heavy (non-hydrogen) atoms. The van der Waals surface area contributed by atoms with Gasteiger partial charge < -0.3 is 0 Å². The van der Waals surface area contributed by atoms with E-state index in [0.29, 0.717) is 12.1 Å². The largest absolute Gasteiger partial charge is 0.253 e. The number of hydrogen-bond acceptors (Lipinski definition) is 4. The third kappa shape index (κ3) is 3.93. The van der Waals surface area contributed by atoms with E-state index in [1.807, 2.05) is 28.9 Å². The molecule has 0 atom stereocenters. The quantitative estimate of drug-likeness (QED) is 0.339. The van der Waals surface area contributed by atoms with E-state index >= 15 is 0 Å². The van der Waals surface area contributed by atoms with Gasteiger partial charge in [-0.05, 0) is 28.5 Å². The normalized spacial score (nSPS) is 11.8. The Kier molecular flexibility index (Phi) is 5.46. The van der Waals surface area contributed by atoms with Crippen molar-refractivity contribution in [1.29, 1.82) is 5.26 Å². The van der Waals surface area contributed by atoms with Crippen molar-refractivity contribution < 1.29 is 0 Å². The molecule has 0 aliphatic carbocycles. The first-order chi connectivity index (χ1) is 14.3. The molecular formula is C24H18N4S. The Bertz CT molecular complexity index is 1300. The Morgan fingerprint density at radius 3 is 2.62 bits per heavy atom. The van der Waals surface area contributed by atoms with Crippen LogP contribution in [0.5, 0.6) is 0 Å². The number of fused-ring (bicyclic) bond motifs is 1. The number of rotatable bonds is 5. The second-order valence-corrected chi connectivity index (χ2v) is 7.19. The highest BCUT2D eigenvalue weighted by Gasteiger charge is 2.10. The summed E-state index contributed by atoms with van der Waals surface area (Å²) in [5.74, 6) is 0. The molecule has 0 aliphatic rings. The monoisotopic (exact) mass is 394 g/mol. The van der Waals surface area contributed by atoms with E-state index in [0.717, 1.165) is 21.6 Å². The summed E-state index contributed by atoms with van der Waals surface area (Å²) in [7, 11) is 0. The smallest absolute Gasteiger partial charge is 0.206 e. The molecule has 5 heteroatoms. The molecule has 4 rings (SSSR count). The van der Waals surface area contributed by atoms with Crippen molar-refractivity contribution in [2.24, 2.45) is 10.1 Å². The Morgan fingerprint density at radius 2 is 1.83 bits per heavy atom. The van der Waals surface area contributed by atoms with Crippen LogP contribution in [0, 0.1) is 11.3 Å². The molecule has 0 unspecified atom stereocenters. The summed E-state index contributed by atoms with van der Waals surface area (Å²) in [6.07, 6.45) is 3.56. The first kappa shape index (κ1) is 18.6. The number of aromatic nitrogens is 1. The van der Waals surface area contributed by atoms with Gasteiger partial charge in [-0.2, -0.15) is 10.4 Å². The molecule has 4 aromatic rings. The van der Waals surface area contributed by atoms with Crippen molar-refractivity contribution >= 4 is 28.3 Å². The molecule has 0 saturated heterocycles. The zero-order valence-electron chi connectivity index (χ0n) is 15.7. The van der Waals surface area contributed by atoms with Gasteiger partial charge in [-0.15, -0.1) is 17.9 Å². The van der Waals surface area contributed by atoms with Crippen molar-refractivity contribution in [2.45, 2.75) is 0 Å². The minimum atomic E-state index is 0.530.